The summed E-state index contributed by atoms with van der Waals surface area (Å²) in [5.41, 5.74) is 1.86. The van der Waals surface area contributed by atoms with Crippen molar-refractivity contribution in [2.24, 2.45) is 5.41 Å². The standard InChI is InChI=1S/C25H30N2O6S/c1-17-5-7-19(34(29,30)27-9-11-32-12-10-27)14-22(17)26-24(28)21-15-25(2,3)16-33-23-8-6-18(31-4)13-20(21)23/h5-8,13-15H,9-12,16H2,1-4H3,(H-,26,28,29,30). The number of ether oxygens (including phenoxy) is 3. The van der Waals surface area contributed by atoms with Crippen LogP contribution in [0.15, 0.2) is 47.4 Å². The molecule has 0 saturated carbocycles. The van der Waals surface area contributed by atoms with Gasteiger partial charge in [0.25, 0.3) is 5.91 Å². The number of rotatable bonds is 5. The summed E-state index contributed by atoms with van der Waals surface area (Å²) in [5, 5.41) is 2.93. The predicted octanol–water partition coefficient (Wildman–Crippen LogP) is 3.68. The van der Waals surface area contributed by atoms with Crippen molar-refractivity contribution in [1.82, 2.24) is 4.31 Å². The minimum absolute atomic E-state index is 0.135. The van der Waals surface area contributed by atoms with Crippen LogP contribution in [0.3, 0.4) is 0 Å². The third kappa shape index (κ3) is 5.02. The molecule has 1 amide bonds. The minimum Gasteiger partial charge on any atom is -0.593 e. The predicted molar refractivity (Wildman–Crippen MR) is 130 cm³/mol. The number of methoxy groups -OCH3 is 1. The van der Waals surface area contributed by atoms with Gasteiger partial charge in [-0.1, -0.05) is 30.2 Å². The molecule has 2 aromatic rings. The fourth-order valence-electron chi connectivity index (χ4n) is 3.96. The fraction of sp³-hybridized carbons (Fsp3) is 0.400. The Morgan fingerprint density at radius 2 is 1.91 bits per heavy atom. The molecule has 2 aliphatic rings. The second kappa shape index (κ2) is 9.50. The maximum absolute atomic E-state index is 13.5. The van der Waals surface area contributed by atoms with Crippen molar-refractivity contribution < 1.29 is 27.8 Å². The number of hydrogen-bond acceptors (Lipinski definition) is 6. The van der Waals surface area contributed by atoms with Crippen molar-refractivity contribution in [3.63, 3.8) is 0 Å². The van der Waals surface area contributed by atoms with E-state index in [0.717, 1.165) is 5.56 Å². The average molecular weight is 487 g/mol. The number of sulfonamides is 1. The number of carbonyl (C=O) groups excluding carboxylic acids is 1. The Kier molecular flexibility index (Phi) is 6.82. The Morgan fingerprint density at radius 1 is 1.18 bits per heavy atom. The van der Waals surface area contributed by atoms with Crippen molar-refractivity contribution in [1.29, 1.82) is 0 Å². The molecule has 2 heterocycles. The Bertz CT molecular complexity index is 1170. The number of morpholine rings is 1. The molecule has 1 atom stereocenters. The third-order valence-electron chi connectivity index (χ3n) is 5.92. The number of carbonyl (C=O) groups is 1. The monoisotopic (exact) mass is 486 g/mol. The SMILES string of the molecule is COc1ccc2c(c1)C(C(=O)Nc1cc([S+](=O)([O-])N3CCOCC3)ccc1C)=CC(C)(C)CO2. The normalized spacial score (nSPS) is 19.6. The number of anilines is 1. The average Bonchev–Trinajstić information content (AvgIpc) is 2.96. The summed E-state index contributed by atoms with van der Waals surface area (Å²) < 4.78 is 44.2. The lowest BCUT2D eigenvalue weighted by Crippen LogP contribution is -2.44. The Balaban J connectivity index is 1.68. The first-order chi connectivity index (χ1) is 16.1. The summed E-state index contributed by atoms with van der Waals surface area (Å²) in [7, 11) is -2.13. The zero-order chi connectivity index (χ0) is 24.5. The van der Waals surface area contributed by atoms with Gasteiger partial charge in [-0.2, -0.15) is 0 Å². The highest BCUT2D eigenvalue weighted by Gasteiger charge is 2.33. The van der Waals surface area contributed by atoms with Gasteiger partial charge in [0.05, 0.1) is 40.0 Å². The van der Waals surface area contributed by atoms with Gasteiger partial charge >= 0.3 is 0 Å². The molecule has 8 nitrogen and oxygen atoms in total. The molecule has 0 aliphatic carbocycles. The first kappa shape index (κ1) is 24.4. The van der Waals surface area contributed by atoms with Crippen LogP contribution in [0.4, 0.5) is 5.69 Å². The van der Waals surface area contributed by atoms with Gasteiger partial charge in [0.1, 0.15) is 11.5 Å². The van der Waals surface area contributed by atoms with Crippen LogP contribution >= 0.6 is 0 Å². The van der Waals surface area contributed by atoms with Gasteiger partial charge in [-0.25, -0.2) is 0 Å². The van der Waals surface area contributed by atoms with E-state index in [-0.39, 0.29) is 10.8 Å². The van der Waals surface area contributed by atoms with Crippen molar-refractivity contribution in [2.45, 2.75) is 25.7 Å². The lowest BCUT2D eigenvalue weighted by molar-refractivity contribution is -0.111. The van der Waals surface area contributed by atoms with E-state index < -0.39 is 15.8 Å². The maximum atomic E-state index is 13.5. The summed E-state index contributed by atoms with van der Waals surface area (Å²) in [6, 6.07) is 10.1. The lowest BCUT2D eigenvalue weighted by Gasteiger charge is -2.30. The smallest absolute Gasteiger partial charge is 0.256 e. The molecule has 1 unspecified atom stereocenters. The van der Waals surface area contributed by atoms with Crippen LogP contribution in [0.25, 0.3) is 5.57 Å². The van der Waals surface area contributed by atoms with E-state index in [1.165, 1.54) is 10.4 Å². The van der Waals surface area contributed by atoms with Gasteiger partial charge in [-0.15, -0.1) is 4.31 Å². The molecule has 4 rings (SSSR count). The van der Waals surface area contributed by atoms with Crippen molar-refractivity contribution >= 4 is 27.6 Å². The summed E-state index contributed by atoms with van der Waals surface area (Å²) in [4.78, 5) is 13.7. The molecule has 182 valence electrons. The molecule has 0 aromatic heterocycles. The molecule has 0 radical (unpaired) electrons. The van der Waals surface area contributed by atoms with Crippen LogP contribution < -0.4 is 14.8 Å². The highest BCUT2D eigenvalue weighted by Crippen LogP contribution is 2.38. The second-order valence-corrected chi connectivity index (χ2v) is 11.1. The molecule has 0 bridgehead atoms. The van der Waals surface area contributed by atoms with Crippen LogP contribution in [0.5, 0.6) is 11.5 Å². The van der Waals surface area contributed by atoms with E-state index in [1.807, 2.05) is 26.8 Å². The molecule has 0 spiro atoms. The highest BCUT2D eigenvalue weighted by atomic mass is 32.3. The third-order valence-corrected chi connectivity index (χ3v) is 7.82. The second-order valence-electron chi connectivity index (χ2n) is 9.14. The zero-order valence-electron chi connectivity index (χ0n) is 19.9. The van der Waals surface area contributed by atoms with Gasteiger partial charge in [0, 0.05) is 28.3 Å². The number of benzene rings is 2. The van der Waals surface area contributed by atoms with Crippen LogP contribution in [-0.2, 0) is 24.1 Å². The Morgan fingerprint density at radius 3 is 2.62 bits per heavy atom. The summed E-state index contributed by atoms with van der Waals surface area (Å²) in [6.45, 7) is 7.56. The first-order valence-electron chi connectivity index (χ1n) is 11.1. The molecule has 2 aliphatic heterocycles. The lowest BCUT2D eigenvalue weighted by atomic mass is 9.90. The van der Waals surface area contributed by atoms with Crippen LogP contribution in [0.1, 0.15) is 25.0 Å². The number of fused-ring (bicyclic) bond motifs is 1. The van der Waals surface area contributed by atoms with Gasteiger partial charge in [-0.3, -0.25) is 4.79 Å². The van der Waals surface area contributed by atoms with Crippen molar-refractivity contribution in [2.75, 3.05) is 45.3 Å². The van der Waals surface area contributed by atoms with Gasteiger partial charge < -0.3 is 24.1 Å². The van der Waals surface area contributed by atoms with E-state index in [9.17, 15) is 13.6 Å². The largest absolute Gasteiger partial charge is 0.593 e. The van der Waals surface area contributed by atoms with Crippen LogP contribution in [0.2, 0.25) is 0 Å². The van der Waals surface area contributed by atoms with E-state index >= 15 is 0 Å². The molecule has 1 N–H and O–H groups in total. The molecule has 34 heavy (non-hydrogen) atoms. The Labute approximate surface area is 201 Å². The number of nitrogens with one attached hydrogen (secondary N) is 1. The van der Waals surface area contributed by atoms with Crippen molar-refractivity contribution in [3.8, 4) is 11.5 Å². The minimum atomic E-state index is -3.69. The van der Waals surface area contributed by atoms with E-state index in [4.69, 9.17) is 14.2 Å². The molecule has 2 aromatic carbocycles. The summed E-state index contributed by atoms with van der Waals surface area (Å²) in [5.74, 6) is 0.848. The van der Waals surface area contributed by atoms with Gasteiger partial charge in [0.15, 0.2) is 15.3 Å². The molecular weight excluding hydrogens is 456 g/mol. The number of aryl methyl sites for hydroxylation is 1. The van der Waals surface area contributed by atoms with Crippen LogP contribution in [0, 0.1) is 12.3 Å². The molecule has 1 fully saturated rings. The van der Waals surface area contributed by atoms with Crippen molar-refractivity contribution in [3.05, 3.63) is 53.6 Å². The quantitative estimate of drug-likeness (QED) is 0.647. The van der Waals surface area contributed by atoms with E-state index in [2.05, 4.69) is 5.32 Å². The topological polar surface area (TPSA) is 100 Å². The van der Waals surface area contributed by atoms with Gasteiger partial charge in [-0.05, 0) is 36.8 Å². The summed E-state index contributed by atoms with van der Waals surface area (Å²) >= 11 is 0. The van der Waals surface area contributed by atoms with E-state index in [1.54, 1.807) is 37.4 Å². The number of nitrogens with zero attached hydrogens (tertiary/aromatic N) is 1. The summed E-state index contributed by atoms with van der Waals surface area (Å²) in [6.07, 6.45) is 1.89. The maximum Gasteiger partial charge on any atom is 0.256 e. The first-order valence-corrected chi connectivity index (χ1v) is 12.6. The molecular formula is C25H30N2O6S. The number of amides is 1. The molecule has 1 saturated heterocycles. The van der Waals surface area contributed by atoms with E-state index in [0.29, 0.717) is 61.2 Å². The van der Waals surface area contributed by atoms with Gasteiger partial charge in [0.2, 0.25) is 0 Å². The number of hydrogen-bond donors (Lipinski definition) is 1. The Hall–Kier alpha value is -2.72. The van der Waals surface area contributed by atoms with Crippen LogP contribution in [-0.4, -0.2) is 54.8 Å². The fourth-order valence-corrected chi connectivity index (χ4v) is 5.39. The highest BCUT2D eigenvalue weighted by molar-refractivity contribution is 7.95. The molecule has 9 heteroatoms. The zero-order valence-corrected chi connectivity index (χ0v) is 20.7.